The van der Waals surface area contributed by atoms with Crippen LogP contribution in [-0.2, 0) is 17.5 Å². The van der Waals surface area contributed by atoms with E-state index in [1.165, 1.54) is 30.3 Å². The van der Waals surface area contributed by atoms with Crippen molar-refractivity contribution in [3.8, 4) is 0 Å². The Labute approximate surface area is 193 Å². The number of alkyl halides is 3. The number of aryl methyl sites for hydroxylation is 2. The standard InChI is InChI=1S/C24H22F4N4O2/c1-3-11-32-21-18(13(2)31-32)19(14-7-9-17(25)10-8-14)20(23(34)30-21)29-22(33)15-5-4-6-16(12-15)24(26,27)28/h4-10,12,19-20H,3,11H2,1-2H3,(H,29,33)(H,30,34)/t19-,20+/m0/s1. The summed E-state index contributed by atoms with van der Waals surface area (Å²) in [6.45, 7) is 4.28. The number of amides is 2. The molecule has 34 heavy (non-hydrogen) atoms. The number of rotatable bonds is 5. The number of hydrogen-bond acceptors (Lipinski definition) is 3. The molecule has 6 nitrogen and oxygen atoms in total. The van der Waals surface area contributed by atoms with Crippen molar-refractivity contribution in [2.75, 3.05) is 5.32 Å². The van der Waals surface area contributed by atoms with E-state index in [4.69, 9.17) is 0 Å². The van der Waals surface area contributed by atoms with Gasteiger partial charge in [-0.15, -0.1) is 0 Å². The zero-order valence-electron chi connectivity index (χ0n) is 18.4. The van der Waals surface area contributed by atoms with Crippen LogP contribution in [0.2, 0.25) is 0 Å². The number of anilines is 1. The van der Waals surface area contributed by atoms with E-state index in [0.29, 0.717) is 29.2 Å². The van der Waals surface area contributed by atoms with Gasteiger partial charge < -0.3 is 10.6 Å². The molecule has 2 heterocycles. The van der Waals surface area contributed by atoms with E-state index in [9.17, 15) is 27.2 Å². The molecule has 0 bridgehead atoms. The summed E-state index contributed by atoms with van der Waals surface area (Å²) in [6, 6.07) is 8.35. The normalized spacial score (nSPS) is 17.8. The molecule has 4 rings (SSSR count). The van der Waals surface area contributed by atoms with Crippen molar-refractivity contribution >= 4 is 17.6 Å². The molecule has 1 aliphatic rings. The summed E-state index contributed by atoms with van der Waals surface area (Å²) in [5.74, 6) is -2.07. The van der Waals surface area contributed by atoms with E-state index >= 15 is 0 Å². The molecule has 0 spiro atoms. The van der Waals surface area contributed by atoms with Crippen LogP contribution < -0.4 is 10.6 Å². The quantitative estimate of drug-likeness (QED) is 0.529. The molecule has 0 aliphatic carbocycles. The predicted molar refractivity (Wildman–Crippen MR) is 117 cm³/mol. The molecule has 10 heteroatoms. The molecule has 2 aromatic carbocycles. The van der Waals surface area contributed by atoms with E-state index in [2.05, 4.69) is 15.7 Å². The predicted octanol–water partition coefficient (Wildman–Crippen LogP) is 4.64. The maximum atomic E-state index is 13.6. The van der Waals surface area contributed by atoms with Crippen molar-refractivity contribution in [2.24, 2.45) is 0 Å². The molecule has 0 fully saturated rings. The minimum absolute atomic E-state index is 0.232. The first-order valence-electron chi connectivity index (χ1n) is 10.7. The van der Waals surface area contributed by atoms with Gasteiger partial charge in [0, 0.05) is 23.6 Å². The smallest absolute Gasteiger partial charge is 0.339 e. The van der Waals surface area contributed by atoms with Crippen molar-refractivity contribution in [3.05, 3.63) is 82.3 Å². The molecule has 0 saturated carbocycles. The molecule has 178 valence electrons. The highest BCUT2D eigenvalue weighted by Crippen LogP contribution is 2.40. The van der Waals surface area contributed by atoms with Gasteiger partial charge in [-0.25, -0.2) is 9.07 Å². The lowest BCUT2D eigenvalue weighted by molar-refractivity contribution is -0.137. The van der Waals surface area contributed by atoms with Gasteiger partial charge in [0.15, 0.2) is 0 Å². The SMILES string of the molecule is CCCn1nc(C)c2c1NC(=O)[C@H](NC(=O)c1cccc(C(F)(F)F)c1)[C@H]2c1ccc(F)cc1. The van der Waals surface area contributed by atoms with Crippen LogP contribution in [0.3, 0.4) is 0 Å². The first-order chi connectivity index (χ1) is 16.1. The van der Waals surface area contributed by atoms with Crippen LogP contribution in [0, 0.1) is 12.7 Å². The fourth-order valence-electron chi connectivity index (χ4n) is 4.23. The van der Waals surface area contributed by atoms with Crippen LogP contribution in [0.1, 0.15) is 52.0 Å². The Morgan fingerprint density at radius 3 is 2.53 bits per heavy atom. The van der Waals surface area contributed by atoms with Gasteiger partial charge in [0.25, 0.3) is 5.91 Å². The number of fused-ring (bicyclic) bond motifs is 1. The lowest BCUT2D eigenvalue weighted by atomic mass is 9.82. The molecule has 0 unspecified atom stereocenters. The monoisotopic (exact) mass is 474 g/mol. The lowest BCUT2D eigenvalue weighted by Crippen LogP contribution is -2.50. The Bertz CT molecular complexity index is 1230. The molecule has 0 saturated heterocycles. The van der Waals surface area contributed by atoms with Gasteiger partial charge in [-0.1, -0.05) is 25.1 Å². The highest BCUT2D eigenvalue weighted by atomic mass is 19.4. The van der Waals surface area contributed by atoms with E-state index in [1.807, 2.05) is 6.92 Å². The Morgan fingerprint density at radius 2 is 1.88 bits per heavy atom. The first-order valence-corrected chi connectivity index (χ1v) is 10.7. The molecule has 2 atom stereocenters. The van der Waals surface area contributed by atoms with E-state index < -0.39 is 41.3 Å². The van der Waals surface area contributed by atoms with Gasteiger partial charge in [-0.05, 0) is 49.2 Å². The van der Waals surface area contributed by atoms with Gasteiger partial charge >= 0.3 is 6.18 Å². The molecule has 2 amide bonds. The van der Waals surface area contributed by atoms with E-state index in [-0.39, 0.29) is 5.56 Å². The molecule has 1 aliphatic heterocycles. The maximum absolute atomic E-state index is 13.6. The molecule has 2 N–H and O–H groups in total. The number of halogens is 4. The summed E-state index contributed by atoms with van der Waals surface area (Å²) in [4.78, 5) is 26.1. The number of aromatic nitrogens is 2. The summed E-state index contributed by atoms with van der Waals surface area (Å²) in [5, 5.41) is 9.88. The molecular weight excluding hydrogens is 452 g/mol. The van der Waals surface area contributed by atoms with Crippen LogP contribution in [-0.4, -0.2) is 27.6 Å². The Kier molecular flexibility index (Phi) is 6.16. The summed E-state index contributed by atoms with van der Waals surface area (Å²) < 4.78 is 54.6. The van der Waals surface area contributed by atoms with Gasteiger partial charge in [-0.2, -0.15) is 18.3 Å². The Morgan fingerprint density at radius 1 is 1.18 bits per heavy atom. The van der Waals surface area contributed by atoms with Crippen molar-refractivity contribution in [2.45, 2.75) is 44.9 Å². The summed E-state index contributed by atoms with van der Waals surface area (Å²) in [5.41, 5.74) is 0.642. The molecule has 0 radical (unpaired) electrons. The van der Waals surface area contributed by atoms with Crippen LogP contribution >= 0.6 is 0 Å². The maximum Gasteiger partial charge on any atom is 0.416 e. The summed E-state index contributed by atoms with van der Waals surface area (Å²) in [6.07, 6.45) is -3.85. The van der Waals surface area contributed by atoms with Gasteiger partial charge in [-0.3, -0.25) is 9.59 Å². The second-order valence-corrected chi connectivity index (χ2v) is 8.12. The highest BCUT2D eigenvalue weighted by Gasteiger charge is 2.41. The van der Waals surface area contributed by atoms with Crippen molar-refractivity contribution in [1.82, 2.24) is 15.1 Å². The van der Waals surface area contributed by atoms with Crippen LogP contribution in [0.4, 0.5) is 23.4 Å². The third kappa shape index (κ3) is 4.40. The van der Waals surface area contributed by atoms with Gasteiger partial charge in [0.05, 0.1) is 11.3 Å². The zero-order chi connectivity index (χ0) is 24.6. The minimum Gasteiger partial charge on any atom is -0.339 e. The van der Waals surface area contributed by atoms with Crippen molar-refractivity contribution < 1.29 is 27.2 Å². The zero-order valence-corrected chi connectivity index (χ0v) is 18.4. The number of carbonyl (C=O) groups excluding carboxylic acids is 2. The molecular formula is C24H22F4N4O2. The fraction of sp³-hybridized carbons (Fsp3) is 0.292. The number of hydrogen-bond donors (Lipinski definition) is 2. The third-order valence-electron chi connectivity index (χ3n) is 5.75. The topological polar surface area (TPSA) is 76.0 Å². The second-order valence-electron chi connectivity index (χ2n) is 8.12. The van der Waals surface area contributed by atoms with Crippen LogP contribution in [0.5, 0.6) is 0 Å². The second kappa shape index (κ2) is 8.92. The van der Waals surface area contributed by atoms with Gasteiger partial charge in [0.1, 0.15) is 17.7 Å². The largest absolute Gasteiger partial charge is 0.416 e. The molecule has 1 aromatic heterocycles. The lowest BCUT2D eigenvalue weighted by Gasteiger charge is -2.33. The Balaban J connectivity index is 1.76. The van der Waals surface area contributed by atoms with Crippen LogP contribution in [0.25, 0.3) is 0 Å². The molecule has 3 aromatic rings. The number of carbonyl (C=O) groups is 2. The fourth-order valence-corrected chi connectivity index (χ4v) is 4.23. The highest BCUT2D eigenvalue weighted by molar-refractivity contribution is 6.04. The van der Waals surface area contributed by atoms with E-state index in [0.717, 1.165) is 24.6 Å². The van der Waals surface area contributed by atoms with Crippen molar-refractivity contribution in [1.29, 1.82) is 0 Å². The number of nitrogens with one attached hydrogen (secondary N) is 2. The average molecular weight is 474 g/mol. The number of benzene rings is 2. The summed E-state index contributed by atoms with van der Waals surface area (Å²) in [7, 11) is 0. The van der Waals surface area contributed by atoms with E-state index in [1.54, 1.807) is 11.6 Å². The Hall–Kier alpha value is -3.69. The third-order valence-corrected chi connectivity index (χ3v) is 5.75. The summed E-state index contributed by atoms with van der Waals surface area (Å²) >= 11 is 0. The van der Waals surface area contributed by atoms with Crippen molar-refractivity contribution in [3.63, 3.8) is 0 Å². The average Bonchev–Trinajstić information content (AvgIpc) is 3.09. The number of nitrogens with zero attached hydrogens (tertiary/aromatic N) is 2. The van der Waals surface area contributed by atoms with Gasteiger partial charge in [0.2, 0.25) is 5.91 Å². The van der Waals surface area contributed by atoms with Crippen LogP contribution in [0.15, 0.2) is 48.5 Å². The first kappa shape index (κ1) is 23.5. The minimum atomic E-state index is -4.62.